The number of nitrogens with zero attached hydrogens (tertiary/aromatic N) is 1. The first kappa shape index (κ1) is 14.8. The Morgan fingerprint density at radius 2 is 1.77 bits per heavy atom. The maximum Gasteiger partial charge on any atom is 0.270 e. The number of para-hydroxylation sites is 1. The highest BCUT2D eigenvalue weighted by atomic mass is 32.2. The minimum Gasteiger partial charge on any atom is -0.497 e. The van der Waals surface area contributed by atoms with Crippen molar-refractivity contribution in [1.82, 2.24) is 0 Å². The fourth-order valence-electron chi connectivity index (χ4n) is 2.12. The number of carbonyl (C=O) groups is 1. The molecular formula is C17H13NO2S2. The number of carbonyl (C=O) groups excluding carboxylic acids is 1. The van der Waals surface area contributed by atoms with E-state index in [1.807, 2.05) is 60.7 Å². The van der Waals surface area contributed by atoms with Gasteiger partial charge in [-0.15, -0.1) is 0 Å². The van der Waals surface area contributed by atoms with Gasteiger partial charge >= 0.3 is 0 Å². The van der Waals surface area contributed by atoms with E-state index >= 15 is 0 Å². The molecule has 2 aromatic carbocycles. The first-order valence-corrected chi connectivity index (χ1v) is 7.88. The van der Waals surface area contributed by atoms with Crippen LogP contribution in [0.15, 0.2) is 59.5 Å². The van der Waals surface area contributed by atoms with Gasteiger partial charge in [-0.25, -0.2) is 0 Å². The fraction of sp³-hybridized carbons (Fsp3) is 0.0588. The van der Waals surface area contributed by atoms with Crippen molar-refractivity contribution in [2.75, 3.05) is 12.0 Å². The van der Waals surface area contributed by atoms with E-state index in [4.69, 9.17) is 17.0 Å². The number of benzene rings is 2. The van der Waals surface area contributed by atoms with Crippen LogP contribution >= 0.6 is 24.0 Å². The average molecular weight is 327 g/mol. The van der Waals surface area contributed by atoms with E-state index in [-0.39, 0.29) is 5.91 Å². The van der Waals surface area contributed by atoms with Crippen molar-refractivity contribution in [2.45, 2.75) is 0 Å². The average Bonchev–Trinajstić information content (AvgIpc) is 2.83. The molecule has 0 aromatic heterocycles. The highest BCUT2D eigenvalue weighted by molar-refractivity contribution is 8.27. The van der Waals surface area contributed by atoms with Crippen LogP contribution in [-0.2, 0) is 4.79 Å². The molecule has 0 N–H and O–H groups in total. The first-order valence-electron chi connectivity index (χ1n) is 6.66. The van der Waals surface area contributed by atoms with E-state index in [0.29, 0.717) is 9.23 Å². The zero-order valence-electron chi connectivity index (χ0n) is 11.9. The summed E-state index contributed by atoms with van der Waals surface area (Å²) >= 11 is 6.66. The first-order chi connectivity index (χ1) is 10.7. The van der Waals surface area contributed by atoms with Crippen LogP contribution in [0, 0.1) is 0 Å². The van der Waals surface area contributed by atoms with Gasteiger partial charge in [0, 0.05) is 0 Å². The van der Waals surface area contributed by atoms with Crippen LogP contribution in [0.2, 0.25) is 0 Å². The minimum atomic E-state index is -0.0861. The van der Waals surface area contributed by atoms with Gasteiger partial charge in [0.05, 0.1) is 17.7 Å². The van der Waals surface area contributed by atoms with Crippen molar-refractivity contribution >= 4 is 46.0 Å². The summed E-state index contributed by atoms with van der Waals surface area (Å²) < 4.78 is 5.68. The van der Waals surface area contributed by atoms with E-state index in [9.17, 15) is 4.79 Å². The molecule has 1 heterocycles. The molecule has 0 atom stereocenters. The summed E-state index contributed by atoms with van der Waals surface area (Å²) in [6.07, 6.45) is 1.85. The maximum absolute atomic E-state index is 12.6. The third-order valence-corrected chi connectivity index (χ3v) is 4.52. The van der Waals surface area contributed by atoms with E-state index < -0.39 is 0 Å². The Balaban J connectivity index is 1.88. The summed E-state index contributed by atoms with van der Waals surface area (Å²) in [5.41, 5.74) is 1.73. The van der Waals surface area contributed by atoms with Gasteiger partial charge in [-0.3, -0.25) is 9.69 Å². The number of rotatable bonds is 3. The Hall–Kier alpha value is -2.11. The number of thioether (sulfide) groups is 1. The summed E-state index contributed by atoms with van der Waals surface area (Å²) in [5, 5.41) is 0. The number of amides is 1. The van der Waals surface area contributed by atoms with E-state index in [0.717, 1.165) is 17.0 Å². The number of thiocarbonyl (C=S) groups is 1. The zero-order chi connectivity index (χ0) is 15.5. The van der Waals surface area contributed by atoms with Gasteiger partial charge in [0.2, 0.25) is 0 Å². The molecule has 0 unspecified atom stereocenters. The van der Waals surface area contributed by atoms with Crippen molar-refractivity contribution in [3.8, 4) is 5.75 Å². The molecule has 2 aromatic rings. The van der Waals surface area contributed by atoms with Gasteiger partial charge in [0.1, 0.15) is 5.75 Å². The zero-order valence-corrected chi connectivity index (χ0v) is 13.5. The van der Waals surface area contributed by atoms with Crippen molar-refractivity contribution in [3.63, 3.8) is 0 Å². The molecule has 1 fully saturated rings. The van der Waals surface area contributed by atoms with Gasteiger partial charge in [-0.05, 0) is 35.9 Å². The quantitative estimate of drug-likeness (QED) is 0.627. The Labute approximate surface area is 138 Å². The van der Waals surface area contributed by atoms with Crippen LogP contribution in [0.25, 0.3) is 6.08 Å². The van der Waals surface area contributed by atoms with Gasteiger partial charge < -0.3 is 4.74 Å². The number of hydrogen-bond donors (Lipinski definition) is 0. The van der Waals surface area contributed by atoms with Crippen molar-refractivity contribution in [3.05, 3.63) is 65.1 Å². The topological polar surface area (TPSA) is 29.5 Å². The molecule has 3 rings (SSSR count). The lowest BCUT2D eigenvalue weighted by molar-refractivity contribution is -0.113. The maximum atomic E-state index is 12.6. The summed E-state index contributed by atoms with van der Waals surface area (Å²) in [7, 11) is 1.62. The van der Waals surface area contributed by atoms with Gasteiger partial charge in [-0.2, -0.15) is 0 Å². The second-order valence-corrected chi connectivity index (χ2v) is 6.30. The highest BCUT2D eigenvalue weighted by Gasteiger charge is 2.33. The third-order valence-electron chi connectivity index (χ3n) is 3.22. The Morgan fingerprint density at radius 1 is 1.09 bits per heavy atom. The SMILES string of the molecule is COc1ccc(C=C2SC(=S)N(c3ccccc3)C2=O)cc1. The molecule has 1 aliphatic heterocycles. The molecule has 22 heavy (non-hydrogen) atoms. The predicted molar refractivity (Wildman–Crippen MR) is 95.1 cm³/mol. The van der Waals surface area contributed by atoms with E-state index in [1.54, 1.807) is 12.0 Å². The predicted octanol–water partition coefficient (Wildman–Crippen LogP) is 4.10. The van der Waals surface area contributed by atoms with Crippen LogP contribution in [0.4, 0.5) is 5.69 Å². The number of anilines is 1. The molecule has 1 amide bonds. The van der Waals surface area contributed by atoms with Crippen LogP contribution in [0.3, 0.4) is 0 Å². The fourth-order valence-corrected chi connectivity index (χ4v) is 3.42. The lowest BCUT2D eigenvalue weighted by atomic mass is 10.2. The number of ether oxygens (including phenoxy) is 1. The molecular weight excluding hydrogens is 314 g/mol. The molecule has 0 saturated carbocycles. The largest absolute Gasteiger partial charge is 0.497 e. The Bertz CT molecular complexity index is 739. The Kier molecular flexibility index (Phi) is 4.27. The van der Waals surface area contributed by atoms with Crippen molar-refractivity contribution < 1.29 is 9.53 Å². The molecule has 110 valence electrons. The molecule has 1 saturated heterocycles. The lowest BCUT2D eigenvalue weighted by Crippen LogP contribution is -2.27. The molecule has 3 nitrogen and oxygen atoms in total. The smallest absolute Gasteiger partial charge is 0.270 e. The second kappa shape index (κ2) is 6.34. The van der Waals surface area contributed by atoms with Crippen LogP contribution in [-0.4, -0.2) is 17.3 Å². The van der Waals surface area contributed by atoms with E-state index in [2.05, 4.69) is 0 Å². The summed E-state index contributed by atoms with van der Waals surface area (Å²) in [6, 6.07) is 17.0. The second-order valence-electron chi connectivity index (χ2n) is 4.63. The highest BCUT2D eigenvalue weighted by Crippen LogP contribution is 2.35. The molecule has 0 aliphatic carbocycles. The molecule has 0 radical (unpaired) electrons. The molecule has 5 heteroatoms. The molecule has 1 aliphatic rings. The van der Waals surface area contributed by atoms with Crippen LogP contribution in [0.1, 0.15) is 5.56 Å². The summed E-state index contributed by atoms with van der Waals surface area (Å²) in [5.74, 6) is 0.700. The lowest BCUT2D eigenvalue weighted by Gasteiger charge is -2.13. The monoisotopic (exact) mass is 327 g/mol. The molecule has 0 bridgehead atoms. The van der Waals surface area contributed by atoms with Crippen molar-refractivity contribution in [2.24, 2.45) is 0 Å². The third kappa shape index (κ3) is 2.91. The van der Waals surface area contributed by atoms with Gasteiger partial charge in [-0.1, -0.05) is 54.3 Å². The number of methoxy groups -OCH3 is 1. The Morgan fingerprint density at radius 3 is 2.41 bits per heavy atom. The van der Waals surface area contributed by atoms with Crippen LogP contribution < -0.4 is 9.64 Å². The van der Waals surface area contributed by atoms with Gasteiger partial charge in [0.15, 0.2) is 4.32 Å². The number of hydrogen-bond acceptors (Lipinski definition) is 4. The normalized spacial score (nSPS) is 16.4. The van der Waals surface area contributed by atoms with Gasteiger partial charge in [0.25, 0.3) is 5.91 Å². The van der Waals surface area contributed by atoms with Crippen LogP contribution in [0.5, 0.6) is 5.75 Å². The summed E-state index contributed by atoms with van der Waals surface area (Å²) in [6.45, 7) is 0. The standard InChI is InChI=1S/C17H13NO2S2/c1-20-14-9-7-12(8-10-14)11-15-16(19)18(17(21)22-15)13-5-3-2-4-6-13/h2-11H,1H3. The molecule has 0 spiro atoms. The van der Waals surface area contributed by atoms with Crippen molar-refractivity contribution in [1.29, 1.82) is 0 Å². The summed E-state index contributed by atoms with van der Waals surface area (Å²) in [4.78, 5) is 14.8. The minimum absolute atomic E-state index is 0.0861. The van der Waals surface area contributed by atoms with E-state index in [1.165, 1.54) is 11.8 Å².